The van der Waals surface area contributed by atoms with Crippen LogP contribution >= 0.6 is 0 Å². The van der Waals surface area contributed by atoms with E-state index >= 15 is 0 Å². The van der Waals surface area contributed by atoms with E-state index in [2.05, 4.69) is 67.3 Å². The lowest BCUT2D eigenvalue weighted by molar-refractivity contribution is 0.00578. The topological polar surface area (TPSA) is 81.1 Å². The summed E-state index contributed by atoms with van der Waals surface area (Å²) in [4.78, 5) is 16.4. The third-order valence-corrected chi connectivity index (χ3v) is 7.50. The van der Waals surface area contributed by atoms with Gasteiger partial charge in [-0.3, -0.25) is 4.68 Å². The van der Waals surface area contributed by atoms with Gasteiger partial charge < -0.3 is 29.2 Å². The van der Waals surface area contributed by atoms with E-state index in [-0.39, 0.29) is 6.09 Å². The molecule has 1 aromatic heterocycles. The molecule has 10 heteroatoms. The van der Waals surface area contributed by atoms with Crippen LogP contribution in [-0.2, 0) is 27.6 Å². The van der Waals surface area contributed by atoms with Crippen LogP contribution in [0.1, 0.15) is 59.9 Å². The smallest absolute Gasteiger partial charge is 0.444 e. The summed E-state index contributed by atoms with van der Waals surface area (Å²) in [6, 6.07) is 8.42. The summed E-state index contributed by atoms with van der Waals surface area (Å²) >= 11 is 0. The lowest BCUT2D eigenvalue weighted by Gasteiger charge is -2.36. The zero-order chi connectivity index (χ0) is 27.2. The molecule has 2 aromatic rings. The van der Waals surface area contributed by atoms with Crippen LogP contribution in [0, 0.1) is 6.92 Å². The van der Waals surface area contributed by atoms with E-state index in [0.29, 0.717) is 19.6 Å². The first-order valence-corrected chi connectivity index (χ1v) is 13.1. The summed E-state index contributed by atoms with van der Waals surface area (Å²) in [5.74, 6) is 0. The maximum absolute atomic E-state index is 12.3. The van der Waals surface area contributed by atoms with E-state index in [4.69, 9.17) is 14.0 Å². The van der Waals surface area contributed by atoms with Crippen molar-refractivity contribution < 1.29 is 18.8 Å². The highest BCUT2D eigenvalue weighted by molar-refractivity contribution is 6.63. The fraction of sp³-hybridized carbons (Fsp3) is 0.630. The molecule has 2 aliphatic rings. The molecule has 202 valence electrons. The van der Waals surface area contributed by atoms with Crippen molar-refractivity contribution in [3.05, 3.63) is 35.7 Å². The fourth-order valence-electron chi connectivity index (χ4n) is 4.65. The Morgan fingerprint density at radius 3 is 2.16 bits per heavy atom. The largest absolute Gasteiger partial charge is 0.498 e. The summed E-state index contributed by atoms with van der Waals surface area (Å²) in [5, 5.41) is 8.18. The molecule has 0 saturated carbocycles. The number of anilines is 2. The van der Waals surface area contributed by atoms with Crippen LogP contribution in [0.25, 0.3) is 0 Å². The number of nitrogens with one attached hydrogen (secondary N) is 1. The molecule has 2 fully saturated rings. The second kappa shape index (κ2) is 9.87. The summed E-state index contributed by atoms with van der Waals surface area (Å²) in [6.45, 7) is 19.4. The van der Waals surface area contributed by atoms with Gasteiger partial charge in [0.25, 0.3) is 0 Å². The number of ether oxygens (including phenoxy) is 1. The second-order valence-electron chi connectivity index (χ2n) is 12.0. The standard InChI is InChI=1S/C27H42BN5O4/c1-19-23(28-36-26(5,6)27(7,8)37-28)22(31(9)30-19)18-29-20-10-12-21(13-11-20)32-14-16-33(17-15-32)24(34)35-25(2,3)4/h10-13,29H,14-18H2,1-9H3. The molecule has 9 nitrogen and oxygen atoms in total. The minimum Gasteiger partial charge on any atom is -0.444 e. The molecule has 37 heavy (non-hydrogen) atoms. The number of rotatable bonds is 5. The van der Waals surface area contributed by atoms with E-state index in [1.54, 1.807) is 4.90 Å². The monoisotopic (exact) mass is 511 g/mol. The average Bonchev–Trinajstić information content (AvgIpc) is 3.20. The number of carbonyl (C=O) groups excluding carboxylic acids is 1. The molecule has 1 amide bonds. The molecule has 3 heterocycles. The molecule has 1 N–H and O–H groups in total. The van der Waals surface area contributed by atoms with E-state index in [0.717, 1.165) is 41.3 Å². The fourth-order valence-corrected chi connectivity index (χ4v) is 4.65. The number of amides is 1. The van der Waals surface area contributed by atoms with E-state index in [9.17, 15) is 4.79 Å². The molecule has 2 aliphatic heterocycles. The highest BCUT2D eigenvalue weighted by Gasteiger charge is 2.53. The van der Waals surface area contributed by atoms with Gasteiger partial charge in [-0.2, -0.15) is 5.10 Å². The van der Waals surface area contributed by atoms with Gasteiger partial charge in [0.05, 0.1) is 29.1 Å². The minimum absolute atomic E-state index is 0.239. The first-order chi connectivity index (χ1) is 17.2. The quantitative estimate of drug-likeness (QED) is 0.614. The molecule has 0 aliphatic carbocycles. The Balaban J connectivity index is 1.36. The summed E-state index contributed by atoms with van der Waals surface area (Å²) in [5.41, 5.74) is 3.83. The first kappa shape index (κ1) is 27.3. The number of benzene rings is 1. The Bertz CT molecular complexity index is 1100. The van der Waals surface area contributed by atoms with Crippen molar-refractivity contribution in [2.24, 2.45) is 7.05 Å². The lowest BCUT2D eigenvalue weighted by Crippen LogP contribution is -2.50. The van der Waals surface area contributed by atoms with Gasteiger partial charge in [0.15, 0.2) is 0 Å². The van der Waals surface area contributed by atoms with Crippen molar-refractivity contribution in [1.82, 2.24) is 14.7 Å². The highest BCUT2D eigenvalue weighted by atomic mass is 16.7. The number of aryl methyl sites for hydroxylation is 2. The maximum atomic E-state index is 12.3. The van der Waals surface area contributed by atoms with Crippen LogP contribution in [0.3, 0.4) is 0 Å². The van der Waals surface area contributed by atoms with Gasteiger partial charge in [-0.05, 0) is 79.7 Å². The molecule has 0 radical (unpaired) electrons. The zero-order valence-electron chi connectivity index (χ0n) is 23.8. The number of carbonyl (C=O) groups is 1. The van der Waals surface area contributed by atoms with E-state index in [1.165, 1.54) is 0 Å². The Morgan fingerprint density at radius 1 is 1.05 bits per heavy atom. The zero-order valence-corrected chi connectivity index (χ0v) is 23.8. The molecule has 0 spiro atoms. The van der Waals surface area contributed by atoms with Crippen molar-refractivity contribution in [3.8, 4) is 0 Å². The van der Waals surface area contributed by atoms with Gasteiger partial charge in [0, 0.05) is 50.1 Å². The summed E-state index contributed by atoms with van der Waals surface area (Å²) in [7, 11) is 1.51. The Morgan fingerprint density at radius 2 is 1.62 bits per heavy atom. The van der Waals surface area contributed by atoms with Gasteiger partial charge in [0.1, 0.15) is 5.60 Å². The van der Waals surface area contributed by atoms with E-state index in [1.807, 2.05) is 39.4 Å². The Kier molecular flexibility index (Phi) is 7.29. The van der Waals surface area contributed by atoms with Crippen LogP contribution in [0.15, 0.2) is 24.3 Å². The number of nitrogens with zero attached hydrogens (tertiary/aromatic N) is 4. The molecule has 0 unspecified atom stereocenters. The van der Waals surface area contributed by atoms with Gasteiger partial charge >= 0.3 is 13.2 Å². The molecular weight excluding hydrogens is 469 g/mol. The normalized spacial score (nSPS) is 19.3. The number of piperazine rings is 1. The van der Waals surface area contributed by atoms with Crippen molar-refractivity contribution in [3.63, 3.8) is 0 Å². The Labute approximate surface area is 221 Å². The second-order valence-corrected chi connectivity index (χ2v) is 12.0. The predicted molar refractivity (Wildman–Crippen MR) is 147 cm³/mol. The number of aromatic nitrogens is 2. The third-order valence-electron chi connectivity index (χ3n) is 7.50. The SMILES string of the molecule is Cc1nn(C)c(CNc2ccc(N3CCN(C(=O)OC(C)(C)C)CC3)cc2)c1B1OC(C)(C)C(C)(C)O1. The van der Waals surface area contributed by atoms with Gasteiger partial charge in [-0.1, -0.05) is 0 Å². The Hall–Kier alpha value is -2.72. The maximum Gasteiger partial charge on any atom is 0.498 e. The molecule has 4 rings (SSSR count). The van der Waals surface area contributed by atoms with Gasteiger partial charge in [-0.25, -0.2) is 4.79 Å². The summed E-state index contributed by atoms with van der Waals surface area (Å²) < 4.78 is 20.1. The number of hydrogen-bond donors (Lipinski definition) is 1. The molecule has 2 saturated heterocycles. The third kappa shape index (κ3) is 5.90. The van der Waals surface area contributed by atoms with Crippen molar-refractivity contribution in [2.75, 3.05) is 36.4 Å². The van der Waals surface area contributed by atoms with Crippen molar-refractivity contribution >= 4 is 30.0 Å². The molecule has 0 bridgehead atoms. The predicted octanol–water partition coefficient (Wildman–Crippen LogP) is 3.70. The molecular formula is C27H42BN5O4. The molecule has 1 aromatic carbocycles. The van der Waals surface area contributed by atoms with Gasteiger partial charge in [0.2, 0.25) is 0 Å². The van der Waals surface area contributed by atoms with Crippen molar-refractivity contribution in [1.29, 1.82) is 0 Å². The number of hydrogen-bond acceptors (Lipinski definition) is 7. The van der Waals surface area contributed by atoms with Crippen LogP contribution < -0.4 is 15.7 Å². The van der Waals surface area contributed by atoms with Gasteiger partial charge in [-0.15, -0.1) is 0 Å². The van der Waals surface area contributed by atoms with Crippen LogP contribution in [0.5, 0.6) is 0 Å². The minimum atomic E-state index is -0.476. The van der Waals surface area contributed by atoms with Crippen LogP contribution in [-0.4, -0.2) is 70.9 Å². The lowest BCUT2D eigenvalue weighted by atomic mass is 9.77. The van der Waals surface area contributed by atoms with Crippen molar-refractivity contribution in [2.45, 2.75) is 78.7 Å². The average molecular weight is 511 g/mol. The summed E-state index contributed by atoms with van der Waals surface area (Å²) in [6.07, 6.45) is -0.239. The van der Waals surface area contributed by atoms with Crippen LogP contribution in [0.4, 0.5) is 16.2 Å². The molecule has 0 atom stereocenters. The highest BCUT2D eigenvalue weighted by Crippen LogP contribution is 2.37. The first-order valence-electron chi connectivity index (χ1n) is 13.1. The van der Waals surface area contributed by atoms with Crippen LogP contribution in [0.2, 0.25) is 0 Å². The van der Waals surface area contributed by atoms with E-state index < -0.39 is 23.9 Å².